The monoisotopic (exact) mass is 428 g/mol. The molecule has 0 aliphatic carbocycles. The number of fused-ring (bicyclic) bond motifs is 1. The summed E-state index contributed by atoms with van der Waals surface area (Å²) < 4.78 is 22.1. The molecule has 5 rings (SSSR count). The zero-order valence-corrected chi connectivity index (χ0v) is 17.2. The highest BCUT2D eigenvalue weighted by atomic mass is 19.1. The number of amides is 1. The van der Waals surface area contributed by atoms with Crippen LogP contribution in [-0.2, 0) is 13.0 Å². The first kappa shape index (κ1) is 19.9. The number of hydrogen-bond acceptors (Lipinski definition) is 4. The number of aromatic nitrogens is 3. The van der Waals surface area contributed by atoms with Crippen LogP contribution in [0.4, 0.5) is 4.39 Å². The maximum Gasteiger partial charge on any atom is 0.251 e. The van der Waals surface area contributed by atoms with Gasteiger partial charge in [0, 0.05) is 53.5 Å². The van der Waals surface area contributed by atoms with E-state index in [1.54, 1.807) is 35.4 Å². The molecule has 1 amide bonds. The summed E-state index contributed by atoms with van der Waals surface area (Å²) in [5, 5.41) is 7.14. The molecule has 7 heteroatoms. The number of halogens is 1. The van der Waals surface area contributed by atoms with Gasteiger partial charge in [-0.3, -0.25) is 14.5 Å². The van der Waals surface area contributed by atoms with E-state index in [4.69, 9.17) is 4.74 Å². The summed E-state index contributed by atoms with van der Waals surface area (Å²) in [5.74, 6) is 0.162. The summed E-state index contributed by atoms with van der Waals surface area (Å²) in [4.78, 5) is 16.8. The first-order valence-electron chi connectivity index (χ1n) is 10.4. The Morgan fingerprint density at radius 3 is 2.91 bits per heavy atom. The quantitative estimate of drug-likeness (QED) is 0.506. The van der Waals surface area contributed by atoms with Crippen molar-refractivity contribution in [3.63, 3.8) is 0 Å². The van der Waals surface area contributed by atoms with E-state index < -0.39 is 0 Å². The molecule has 0 saturated heterocycles. The van der Waals surface area contributed by atoms with Gasteiger partial charge in [-0.15, -0.1) is 0 Å². The highest BCUT2D eigenvalue weighted by Crippen LogP contribution is 2.39. The molecule has 0 radical (unpaired) electrons. The number of rotatable bonds is 6. The van der Waals surface area contributed by atoms with Gasteiger partial charge in [0.25, 0.3) is 5.91 Å². The molecule has 0 saturated carbocycles. The first-order chi connectivity index (χ1) is 15.7. The minimum absolute atomic E-state index is 0.175. The van der Waals surface area contributed by atoms with Crippen molar-refractivity contribution in [3.05, 3.63) is 102 Å². The molecule has 0 bridgehead atoms. The third-order valence-corrected chi connectivity index (χ3v) is 5.42. The molecule has 0 spiro atoms. The van der Waals surface area contributed by atoms with Crippen LogP contribution < -0.4 is 10.1 Å². The third-order valence-electron chi connectivity index (χ3n) is 5.42. The van der Waals surface area contributed by atoms with Crippen molar-refractivity contribution in [2.24, 2.45) is 0 Å². The molecule has 1 aliphatic rings. The molecule has 6 nitrogen and oxygen atoms in total. The van der Waals surface area contributed by atoms with Crippen molar-refractivity contribution in [1.29, 1.82) is 0 Å². The fraction of sp³-hybridized carbons (Fsp3) is 0.160. The number of ether oxygens (including phenoxy) is 1. The number of nitrogens with one attached hydrogen (secondary N) is 1. The zero-order valence-electron chi connectivity index (χ0n) is 17.2. The normalized spacial score (nSPS) is 14.6. The molecule has 1 N–H and O–H groups in total. The van der Waals surface area contributed by atoms with Gasteiger partial charge < -0.3 is 10.1 Å². The van der Waals surface area contributed by atoms with Crippen LogP contribution in [0, 0.1) is 5.82 Å². The highest BCUT2D eigenvalue weighted by Gasteiger charge is 2.27. The summed E-state index contributed by atoms with van der Waals surface area (Å²) in [6, 6.07) is 16.0. The van der Waals surface area contributed by atoms with Crippen LogP contribution in [-0.4, -0.2) is 33.3 Å². The number of carbonyl (C=O) groups is 1. The summed E-state index contributed by atoms with van der Waals surface area (Å²) in [6.07, 6.45) is 7.22. The Labute approximate surface area is 184 Å². The summed E-state index contributed by atoms with van der Waals surface area (Å²) in [7, 11) is 0. The number of pyridine rings is 1. The smallest absolute Gasteiger partial charge is 0.251 e. The Morgan fingerprint density at radius 2 is 2.09 bits per heavy atom. The van der Waals surface area contributed by atoms with Crippen LogP contribution in [0.5, 0.6) is 5.75 Å². The van der Waals surface area contributed by atoms with Crippen molar-refractivity contribution >= 4 is 5.91 Å². The lowest BCUT2D eigenvalue weighted by Gasteiger charge is -2.14. The van der Waals surface area contributed by atoms with Gasteiger partial charge in [-0.1, -0.05) is 18.2 Å². The van der Waals surface area contributed by atoms with Crippen LogP contribution in [0.3, 0.4) is 0 Å². The summed E-state index contributed by atoms with van der Waals surface area (Å²) in [6.45, 7) is 0.919. The second-order valence-electron chi connectivity index (χ2n) is 7.74. The molecule has 0 unspecified atom stereocenters. The number of carbonyl (C=O) groups excluding carboxylic acids is 1. The molecule has 4 aromatic rings. The van der Waals surface area contributed by atoms with Gasteiger partial charge in [0.2, 0.25) is 0 Å². The molecule has 2 aromatic carbocycles. The predicted octanol–water partition coefficient (Wildman–Crippen LogP) is 3.87. The fourth-order valence-corrected chi connectivity index (χ4v) is 3.95. The molecule has 1 atom stereocenters. The predicted molar refractivity (Wildman–Crippen MR) is 118 cm³/mol. The maximum atomic E-state index is 14.2. The Kier molecular flexibility index (Phi) is 5.37. The standard InChI is InChI=1S/C25H21FN4O2/c26-21-11-20-12-22(32-24(20)23(13-21)19-6-2-7-27-14-19)15-28-25(31)18-5-1-4-17(10-18)16-30-9-3-8-29-30/h1-11,13-14,22H,12,15-16H2,(H,28,31)/t22-/m1/s1. The lowest BCUT2D eigenvalue weighted by atomic mass is 10.0. The van der Waals surface area contributed by atoms with Crippen LogP contribution in [0.1, 0.15) is 21.5 Å². The summed E-state index contributed by atoms with van der Waals surface area (Å²) in [5.41, 5.74) is 3.83. The third kappa shape index (κ3) is 4.23. The lowest BCUT2D eigenvalue weighted by molar-refractivity contribution is 0.0933. The molecular weight excluding hydrogens is 407 g/mol. The van der Waals surface area contributed by atoms with Gasteiger partial charge in [-0.25, -0.2) is 4.39 Å². The van der Waals surface area contributed by atoms with E-state index >= 15 is 0 Å². The van der Waals surface area contributed by atoms with Crippen molar-refractivity contribution in [1.82, 2.24) is 20.1 Å². The van der Waals surface area contributed by atoms with Gasteiger partial charge >= 0.3 is 0 Å². The Balaban J connectivity index is 1.25. The van der Waals surface area contributed by atoms with Gasteiger partial charge in [0.1, 0.15) is 17.7 Å². The average molecular weight is 428 g/mol. The largest absolute Gasteiger partial charge is 0.487 e. The van der Waals surface area contributed by atoms with E-state index in [0.717, 1.165) is 16.7 Å². The number of nitrogens with zero attached hydrogens (tertiary/aromatic N) is 3. The zero-order chi connectivity index (χ0) is 21.9. The first-order valence-corrected chi connectivity index (χ1v) is 10.4. The molecule has 32 heavy (non-hydrogen) atoms. The van der Waals surface area contributed by atoms with Crippen molar-refractivity contribution < 1.29 is 13.9 Å². The van der Waals surface area contributed by atoms with E-state index in [9.17, 15) is 9.18 Å². The molecule has 3 heterocycles. The van der Waals surface area contributed by atoms with Gasteiger partial charge in [-0.2, -0.15) is 5.10 Å². The molecular formula is C25H21FN4O2. The van der Waals surface area contributed by atoms with Crippen LogP contribution >= 0.6 is 0 Å². The van der Waals surface area contributed by atoms with Gasteiger partial charge in [-0.05, 0) is 42.0 Å². The van der Waals surface area contributed by atoms with E-state index in [2.05, 4.69) is 15.4 Å². The molecule has 160 valence electrons. The van der Waals surface area contributed by atoms with Crippen molar-refractivity contribution in [2.45, 2.75) is 19.1 Å². The molecule has 1 aliphatic heterocycles. The maximum absolute atomic E-state index is 14.2. The Bertz CT molecular complexity index is 1240. The Morgan fingerprint density at radius 1 is 1.16 bits per heavy atom. The van der Waals surface area contributed by atoms with E-state index in [1.165, 1.54) is 12.1 Å². The minimum atomic E-state index is -0.315. The highest BCUT2D eigenvalue weighted by molar-refractivity contribution is 5.94. The summed E-state index contributed by atoms with van der Waals surface area (Å²) >= 11 is 0. The van der Waals surface area contributed by atoms with Gasteiger partial charge in [0.05, 0.1) is 13.1 Å². The Hall–Kier alpha value is -4.00. The van der Waals surface area contributed by atoms with Crippen LogP contribution in [0.15, 0.2) is 79.4 Å². The van der Waals surface area contributed by atoms with Crippen molar-refractivity contribution in [3.8, 4) is 16.9 Å². The van der Waals surface area contributed by atoms with E-state index in [-0.39, 0.29) is 17.8 Å². The lowest BCUT2D eigenvalue weighted by Crippen LogP contribution is -2.34. The second-order valence-corrected chi connectivity index (χ2v) is 7.74. The van der Waals surface area contributed by atoms with E-state index in [1.807, 2.05) is 36.5 Å². The van der Waals surface area contributed by atoms with Crippen LogP contribution in [0.2, 0.25) is 0 Å². The number of hydrogen-bond donors (Lipinski definition) is 1. The average Bonchev–Trinajstić information content (AvgIpc) is 3.47. The number of benzene rings is 2. The van der Waals surface area contributed by atoms with E-state index in [0.29, 0.717) is 36.4 Å². The fourth-order valence-electron chi connectivity index (χ4n) is 3.95. The topological polar surface area (TPSA) is 69.0 Å². The van der Waals surface area contributed by atoms with Crippen molar-refractivity contribution in [2.75, 3.05) is 6.54 Å². The SMILES string of the molecule is O=C(NC[C@H]1Cc2cc(F)cc(-c3cccnc3)c2O1)c1cccc(Cn2cccn2)c1. The molecule has 2 aromatic heterocycles. The van der Waals surface area contributed by atoms with Gasteiger partial charge in [0.15, 0.2) is 0 Å². The second kappa shape index (κ2) is 8.63. The molecule has 0 fully saturated rings. The van der Waals surface area contributed by atoms with Crippen LogP contribution in [0.25, 0.3) is 11.1 Å². The minimum Gasteiger partial charge on any atom is -0.487 e.